The van der Waals surface area contributed by atoms with Gasteiger partial charge in [0.1, 0.15) is 0 Å². The molecule has 7 heteroatoms. The summed E-state index contributed by atoms with van der Waals surface area (Å²) in [6.45, 7) is 4.88. The number of non-ortho nitro benzene ring substituents is 1. The van der Waals surface area contributed by atoms with E-state index in [-0.39, 0.29) is 11.2 Å². The average molecular weight is 236 g/mol. The van der Waals surface area contributed by atoms with E-state index in [0.717, 1.165) is 6.54 Å². The summed E-state index contributed by atoms with van der Waals surface area (Å²) in [5, 5.41) is 21.2. The number of rotatable bonds is 4. The van der Waals surface area contributed by atoms with Gasteiger partial charge < -0.3 is 5.32 Å². The zero-order valence-corrected chi connectivity index (χ0v) is 9.51. The van der Waals surface area contributed by atoms with Crippen LogP contribution in [0.1, 0.15) is 13.8 Å². The SMILES string of the molecule is CC(C)CNc1ccc([N+](=O)[O-])c2nonc12. The normalized spacial score (nSPS) is 11.0. The Hall–Kier alpha value is -2.18. The molecule has 1 aromatic heterocycles. The predicted molar refractivity (Wildman–Crippen MR) is 61.8 cm³/mol. The number of nitrogens with zero attached hydrogens (tertiary/aromatic N) is 3. The van der Waals surface area contributed by atoms with Crippen molar-refractivity contribution in [2.75, 3.05) is 11.9 Å². The minimum absolute atomic E-state index is 0.101. The first-order chi connectivity index (χ1) is 8.09. The van der Waals surface area contributed by atoms with Crippen LogP contribution in [0.3, 0.4) is 0 Å². The van der Waals surface area contributed by atoms with Crippen LogP contribution in [0.25, 0.3) is 11.0 Å². The highest BCUT2D eigenvalue weighted by atomic mass is 16.6. The first-order valence-corrected chi connectivity index (χ1v) is 5.23. The summed E-state index contributed by atoms with van der Waals surface area (Å²) in [5.41, 5.74) is 1.15. The summed E-state index contributed by atoms with van der Waals surface area (Å²) in [4.78, 5) is 10.3. The minimum atomic E-state index is -0.501. The second kappa shape index (κ2) is 4.36. The van der Waals surface area contributed by atoms with Gasteiger partial charge in [-0.1, -0.05) is 13.8 Å². The monoisotopic (exact) mass is 236 g/mol. The van der Waals surface area contributed by atoms with Crippen LogP contribution in [0.4, 0.5) is 11.4 Å². The van der Waals surface area contributed by atoms with Crippen molar-refractivity contribution in [3.05, 3.63) is 22.2 Å². The van der Waals surface area contributed by atoms with E-state index in [4.69, 9.17) is 0 Å². The number of benzene rings is 1. The molecule has 0 saturated heterocycles. The third-order valence-corrected chi connectivity index (χ3v) is 2.29. The van der Waals surface area contributed by atoms with Gasteiger partial charge in [0.25, 0.3) is 0 Å². The van der Waals surface area contributed by atoms with Crippen molar-refractivity contribution in [3.8, 4) is 0 Å². The second-order valence-corrected chi connectivity index (χ2v) is 4.13. The molecule has 0 saturated carbocycles. The summed E-state index contributed by atoms with van der Waals surface area (Å²) in [6.07, 6.45) is 0. The number of nitrogens with one attached hydrogen (secondary N) is 1. The fourth-order valence-corrected chi connectivity index (χ4v) is 1.46. The number of hydrogen-bond acceptors (Lipinski definition) is 6. The third kappa shape index (κ3) is 2.17. The van der Waals surface area contributed by atoms with E-state index < -0.39 is 4.92 Å². The molecule has 7 nitrogen and oxygen atoms in total. The smallest absolute Gasteiger partial charge is 0.300 e. The molecule has 0 amide bonds. The molecule has 90 valence electrons. The number of aromatic nitrogens is 2. The molecule has 0 aliphatic heterocycles. The van der Waals surface area contributed by atoms with Gasteiger partial charge in [-0.2, -0.15) is 0 Å². The highest BCUT2D eigenvalue weighted by molar-refractivity contribution is 5.93. The maximum absolute atomic E-state index is 10.8. The Kier molecular flexibility index (Phi) is 2.90. The molecule has 0 radical (unpaired) electrons. The number of nitro groups is 1. The number of fused-ring (bicyclic) bond motifs is 1. The van der Waals surface area contributed by atoms with Crippen LogP contribution < -0.4 is 5.32 Å². The molecule has 0 aliphatic carbocycles. The highest BCUT2D eigenvalue weighted by Gasteiger charge is 2.19. The topological polar surface area (TPSA) is 94.1 Å². The maximum atomic E-state index is 10.8. The Morgan fingerprint density at radius 3 is 2.76 bits per heavy atom. The molecule has 2 aromatic rings. The molecular formula is C10H12N4O3. The summed E-state index contributed by atoms with van der Waals surface area (Å²) < 4.78 is 4.56. The van der Waals surface area contributed by atoms with Gasteiger partial charge in [0, 0.05) is 12.6 Å². The molecule has 0 bridgehead atoms. The highest BCUT2D eigenvalue weighted by Crippen LogP contribution is 2.28. The first kappa shape index (κ1) is 11.3. The van der Waals surface area contributed by atoms with Crippen molar-refractivity contribution in [1.29, 1.82) is 0 Å². The molecule has 0 fully saturated rings. The van der Waals surface area contributed by atoms with Gasteiger partial charge in [-0.05, 0) is 22.3 Å². The number of nitro benzene ring substituents is 1. The molecule has 1 heterocycles. The fraction of sp³-hybridized carbons (Fsp3) is 0.400. The molecule has 1 N–H and O–H groups in total. The number of hydrogen-bond donors (Lipinski definition) is 1. The lowest BCUT2D eigenvalue weighted by Crippen LogP contribution is -2.08. The Morgan fingerprint density at radius 2 is 2.12 bits per heavy atom. The predicted octanol–water partition coefficient (Wildman–Crippen LogP) is 2.20. The van der Waals surface area contributed by atoms with Gasteiger partial charge in [0.15, 0.2) is 5.52 Å². The third-order valence-electron chi connectivity index (χ3n) is 2.29. The lowest BCUT2D eigenvalue weighted by atomic mass is 10.2. The summed E-state index contributed by atoms with van der Waals surface area (Å²) >= 11 is 0. The van der Waals surface area contributed by atoms with Crippen LogP contribution >= 0.6 is 0 Å². The molecule has 17 heavy (non-hydrogen) atoms. The van der Waals surface area contributed by atoms with Crippen molar-refractivity contribution in [1.82, 2.24) is 10.3 Å². The average Bonchev–Trinajstić information content (AvgIpc) is 2.73. The zero-order valence-electron chi connectivity index (χ0n) is 9.51. The zero-order chi connectivity index (χ0) is 12.4. The fourth-order valence-electron chi connectivity index (χ4n) is 1.46. The van der Waals surface area contributed by atoms with Crippen molar-refractivity contribution < 1.29 is 9.55 Å². The molecule has 0 atom stereocenters. The van der Waals surface area contributed by atoms with Gasteiger partial charge in [-0.3, -0.25) is 10.1 Å². The lowest BCUT2D eigenvalue weighted by molar-refractivity contribution is -0.383. The largest absolute Gasteiger partial charge is 0.383 e. The first-order valence-electron chi connectivity index (χ1n) is 5.23. The van der Waals surface area contributed by atoms with Gasteiger partial charge in [-0.15, -0.1) is 0 Å². The van der Waals surface area contributed by atoms with E-state index in [1.54, 1.807) is 6.07 Å². The van der Waals surface area contributed by atoms with Crippen molar-refractivity contribution in [3.63, 3.8) is 0 Å². The van der Waals surface area contributed by atoms with E-state index in [1.165, 1.54) is 6.07 Å². The molecule has 0 unspecified atom stereocenters. The van der Waals surface area contributed by atoms with Crippen molar-refractivity contribution in [2.24, 2.45) is 5.92 Å². The Labute approximate surface area is 96.9 Å². The van der Waals surface area contributed by atoms with Crippen LogP contribution in [0, 0.1) is 16.0 Å². The molecular weight excluding hydrogens is 224 g/mol. The van der Waals surface area contributed by atoms with E-state index in [9.17, 15) is 10.1 Å². The van der Waals surface area contributed by atoms with Crippen molar-refractivity contribution in [2.45, 2.75) is 13.8 Å². The molecule has 0 spiro atoms. The van der Waals surface area contributed by atoms with E-state index in [2.05, 4.69) is 34.1 Å². The summed E-state index contributed by atoms with van der Waals surface area (Å²) in [7, 11) is 0. The van der Waals surface area contributed by atoms with Crippen LogP contribution in [-0.4, -0.2) is 21.8 Å². The van der Waals surface area contributed by atoms with Crippen LogP contribution in [0.15, 0.2) is 16.8 Å². The second-order valence-electron chi connectivity index (χ2n) is 4.13. The Bertz CT molecular complexity index is 549. The van der Waals surface area contributed by atoms with Crippen LogP contribution in [-0.2, 0) is 0 Å². The quantitative estimate of drug-likeness (QED) is 0.646. The minimum Gasteiger partial charge on any atom is -0.383 e. The van der Waals surface area contributed by atoms with Gasteiger partial charge in [0.2, 0.25) is 5.52 Å². The molecule has 1 aromatic carbocycles. The number of anilines is 1. The van der Waals surface area contributed by atoms with E-state index in [1.807, 2.05) is 0 Å². The maximum Gasteiger partial charge on any atom is 0.300 e. The van der Waals surface area contributed by atoms with Gasteiger partial charge >= 0.3 is 5.69 Å². The van der Waals surface area contributed by atoms with E-state index in [0.29, 0.717) is 17.1 Å². The van der Waals surface area contributed by atoms with Crippen molar-refractivity contribution >= 4 is 22.4 Å². The lowest BCUT2D eigenvalue weighted by Gasteiger charge is -2.08. The van der Waals surface area contributed by atoms with E-state index >= 15 is 0 Å². The van der Waals surface area contributed by atoms with Gasteiger partial charge in [0.05, 0.1) is 10.6 Å². The van der Waals surface area contributed by atoms with Crippen LogP contribution in [0.2, 0.25) is 0 Å². The molecule has 2 rings (SSSR count). The Balaban J connectivity index is 2.42. The summed E-state index contributed by atoms with van der Waals surface area (Å²) in [6, 6.07) is 3.02. The standard InChI is InChI=1S/C10H12N4O3/c1-6(2)5-11-7-3-4-8(14(15)16)10-9(7)12-17-13-10/h3-4,6,11H,5H2,1-2H3. The summed E-state index contributed by atoms with van der Waals surface area (Å²) in [5.74, 6) is 0.458. The molecule has 0 aliphatic rings. The Morgan fingerprint density at radius 1 is 1.41 bits per heavy atom. The van der Waals surface area contributed by atoms with Crippen LogP contribution in [0.5, 0.6) is 0 Å². The van der Waals surface area contributed by atoms with Gasteiger partial charge in [-0.25, -0.2) is 4.63 Å².